The lowest BCUT2D eigenvalue weighted by atomic mass is 10.1. The molecule has 2 rings (SSSR count). The Hall–Kier alpha value is -1.06. The minimum Gasteiger partial charge on any atom is -0.390 e. The third-order valence-electron chi connectivity index (χ3n) is 2.71. The highest BCUT2D eigenvalue weighted by Gasteiger charge is 2.21. The number of halogens is 1. The van der Waals surface area contributed by atoms with Crippen LogP contribution in [0.25, 0.3) is 0 Å². The molecule has 17 heavy (non-hydrogen) atoms. The van der Waals surface area contributed by atoms with Gasteiger partial charge in [-0.1, -0.05) is 35.8 Å². The van der Waals surface area contributed by atoms with Gasteiger partial charge in [0, 0.05) is 18.0 Å². The summed E-state index contributed by atoms with van der Waals surface area (Å²) in [5.41, 5.74) is 2.09. The molecule has 0 saturated heterocycles. The van der Waals surface area contributed by atoms with Crippen molar-refractivity contribution in [3.63, 3.8) is 0 Å². The van der Waals surface area contributed by atoms with Crippen LogP contribution in [0, 0.1) is 0 Å². The fourth-order valence-electron chi connectivity index (χ4n) is 1.79. The molecule has 0 aromatic heterocycles. The van der Waals surface area contributed by atoms with Crippen LogP contribution in [-0.4, -0.2) is 24.9 Å². The molecule has 1 heterocycles. The van der Waals surface area contributed by atoms with Gasteiger partial charge in [-0.2, -0.15) is 0 Å². The molecule has 0 aliphatic carbocycles. The number of nitrogens with one attached hydrogen (secondary N) is 1. The standard InChI is InChI=1S/C13H17ClN2O/c1-2-7-15-9-12-8-13(16-17-12)10-3-5-11(14)6-4-10/h3-6,12,15H,2,7-9H2,1H3. The fraction of sp³-hybridized carbons (Fsp3) is 0.462. The van der Waals surface area contributed by atoms with E-state index in [-0.39, 0.29) is 6.10 Å². The number of hydrogen-bond acceptors (Lipinski definition) is 3. The quantitative estimate of drug-likeness (QED) is 0.818. The van der Waals surface area contributed by atoms with Crippen molar-refractivity contribution in [2.75, 3.05) is 13.1 Å². The lowest BCUT2D eigenvalue weighted by Gasteiger charge is -2.08. The van der Waals surface area contributed by atoms with Gasteiger partial charge in [0.2, 0.25) is 0 Å². The number of benzene rings is 1. The molecular weight excluding hydrogens is 236 g/mol. The Bertz CT molecular complexity index is 389. The van der Waals surface area contributed by atoms with Crippen molar-refractivity contribution in [1.82, 2.24) is 5.32 Å². The summed E-state index contributed by atoms with van der Waals surface area (Å²) in [4.78, 5) is 5.39. The van der Waals surface area contributed by atoms with Crippen LogP contribution < -0.4 is 5.32 Å². The second-order valence-electron chi connectivity index (χ2n) is 4.18. The van der Waals surface area contributed by atoms with E-state index in [4.69, 9.17) is 16.4 Å². The van der Waals surface area contributed by atoms with Crippen molar-refractivity contribution in [2.45, 2.75) is 25.9 Å². The van der Waals surface area contributed by atoms with Crippen LogP contribution in [0.4, 0.5) is 0 Å². The summed E-state index contributed by atoms with van der Waals surface area (Å²) in [5, 5.41) is 8.21. The summed E-state index contributed by atoms with van der Waals surface area (Å²) in [6.45, 7) is 4.03. The van der Waals surface area contributed by atoms with Gasteiger partial charge in [0.25, 0.3) is 0 Å². The Morgan fingerprint density at radius 3 is 2.88 bits per heavy atom. The third kappa shape index (κ3) is 3.45. The molecule has 1 aliphatic rings. The first-order valence-electron chi connectivity index (χ1n) is 5.99. The smallest absolute Gasteiger partial charge is 0.145 e. The maximum Gasteiger partial charge on any atom is 0.145 e. The molecule has 1 aliphatic heterocycles. The van der Waals surface area contributed by atoms with E-state index in [0.717, 1.165) is 42.2 Å². The second-order valence-corrected chi connectivity index (χ2v) is 4.62. The van der Waals surface area contributed by atoms with Gasteiger partial charge in [-0.25, -0.2) is 0 Å². The summed E-state index contributed by atoms with van der Waals surface area (Å²) < 4.78 is 0. The van der Waals surface area contributed by atoms with E-state index in [0.29, 0.717) is 0 Å². The molecule has 1 atom stereocenters. The van der Waals surface area contributed by atoms with Crippen LogP contribution in [-0.2, 0) is 4.84 Å². The molecule has 0 bridgehead atoms. The molecular formula is C13H17ClN2O. The maximum atomic E-state index is 5.85. The number of oxime groups is 1. The highest BCUT2D eigenvalue weighted by Crippen LogP contribution is 2.18. The highest BCUT2D eigenvalue weighted by atomic mass is 35.5. The van der Waals surface area contributed by atoms with E-state index in [2.05, 4.69) is 17.4 Å². The van der Waals surface area contributed by atoms with Crippen molar-refractivity contribution < 1.29 is 4.84 Å². The average molecular weight is 253 g/mol. The molecule has 0 amide bonds. The molecule has 1 unspecified atom stereocenters. The van der Waals surface area contributed by atoms with Crippen molar-refractivity contribution in [3.05, 3.63) is 34.9 Å². The first-order chi connectivity index (χ1) is 8.29. The predicted octanol–water partition coefficient (Wildman–Crippen LogP) is 2.83. The second kappa shape index (κ2) is 6.03. The van der Waals surface area contributed by atoms with Crippen LogP contribution in [0.1, 0.15) is 25.3 Å². The normalized spacial score (nSPS) is 18.9. The molecule has 4 heteroatoms. The summed E-state index contributed by atoms with van der Waals surface area (Å²) in [5.74, 6) is 0. The largest absolute Gasteiger partial charge is 0.390 e. The maximum absolute atomic E-state index is 5.85. The van der Waals surface area contributed by atoms with Gasteiger partial charge >= 0.3 is 0 Å². The third-order valence-corrected chi connectivity index (χ3v) is 2.96. The van der Waals surface area contributed by atoms with E-state index >= 15 is 0 Å². The Morgan fingerprint density at radius 2 is 2.18 bits per heavy atom. The zero-order chi connectivity index (χ0) is 12.1. The van der Waals surface area contributed by atoms with Gasteiger partial charge in [0.05, 0.1) is 5.71 Å². The SMILES string of the molecule is CCCNCC1CC(c2ccc(Cl)cc2)=NO1. The summed E-state index contributed by atoms with van der Waals surface area (Å²) in [6.07, 6.45) is 2.16. The molecule has 3 nitrogen and oxygen atoms in total. The Balaban J connectivity index is 1.86. The number of rotatable bonds is 5. The Kier molecular flexibility index (Phi) is 4.40. The van der Waals surface area contributed by atoms with Gasteiger partial charge in [-0.3, -0.25) is 0 Å². The zero-order valence-electron chi connectivity index (χ0n) is 9.95. The highest BCUT2D eigenvalue weighted by molar-refractivity contribution is 6.30. The van der Waals surface area contributed by atoms with E-state index in [1.54, 1.807) is 0 Å². The topological polar surface area (TPSA) is 33.6 Å². The lowest BCUT2D eigenvalue weighted by molar-refractivity contribution is 0.0852. The molecule has 1 aromatic rings. The minimum absolute atomic E-state index is 0.159. The molecule has 0 saturated carbocycles. The number of hydrogen-bond donors (Lipinski definition) is 1. The van der Waals surface area contributed by atoms with Crippen molar-refractivity contribution in [2.24, 2.45) is 5.16 Å². The van der Waals surface area contributed by atoms with E-state index in [1.165, 1.54) is 0 Å². The molecule has 1 N–H and O–H groups in total. The zero-order valence-corrected chi connectivity index (χ0v) is 10.7. The molecule has 0 radical (unpaired) electrons. The van der Waals surface area contributed by atoms with E-state index in [1.807, 2.05) is 24.3 Å². The molecule has 0 fully saturated rings. The van der Waals surface area contributed by atoms with Crippen molar-refractivity contribution in [1.29, 1.82) is 0 Å². The predicted molar refractivity (Wildman–Crippen MR) is 70.6 cm³/mol. The van der Waals surface area contributed by atoms with Gasteiger partial charge in [0.1, 0.15) is 6.10 Å². The van der Waals surface area contributed by atoms with Crippen LogP contribution in [0.2, 0.25) is 5.02 Å². The van der Waals surface area contributed by atoms with Crippen LogP contribution >= 0.6 is 11.6 Å². The first kappa shape index (κ1) is 12.4. The average Bonchev–Trinajstić information content (AvgIpc) is 2.79. The Morgan fingerprint density at radius 1 is 1.41 bits per heavy atom. The van der Waals surface area contributed by atoms with Gasteiger partial charge in [-0.15, -0.1) is 0 Å². The Labute approximate surface area is 107 Å². The van der Waals surface area contributed by atoms with E-state index in [9.17, 15) is 0 Å². The van der Waals surface area contributed by atoms with Crippen molar-refractivity contribution >= 4 is 17.3 Å². The fourth-order valence-corrected chi connectivity index (χ4v) is 1.92. The molecule has 92 valence electrons. The summed E-state index contributed by atoms with van der Waals surface area (Å²) >= 11 is 5.85. The summed E-state index contributed by atoms with van der Waals surface area (Å²) in [7, 11) is 0. The molecule has 1 aromatic carbocycles. The first-order valence-corrected chi connectivity index (χ1v) is 6.36. The minimum atomic E-state index is 0.159. The van der Waals surface area contributed by atoms with Crippen molar-refractivity contribution in [3.8, 4) is 0 Å². The van der Waals surface area contributed by atoms with Gasteiger partial charge < -0.3 is 10.2 Å². The van der Waals surface area contributed by atoms with Crippen LogP contribution in [0.5, 0.6) is 0 Å². The lowest BCUT2D eigenvalue weighted by Crippen LogP contribution is -2.27. The molecule has 0 spiro atoms. The summed E-state index contributed by atoms with van der Waals surface area (Å²) in [6, 6.07) is 7.71. The van der Waals surface area contributed by atoms with Gasteiger partial charge in [-0.05, 0) is 30.7 Å². The van der Waals surface area contributed by atoms with Crippen LogP contribution in [0.3, 0.4) is 0 Å². The monoisotopic (exact) mass is 252 g/mol. The van der Waals surface area contributed by atoms with Gasteiger partial charge in [0.15, 0.2) is 0 Å². The number of nitrogens with zero attached hydrogens (tertiary/aromatic N) is 1. The van der Waals surface area contributed by atoms with E-state index < -0.39 is 0 Å². The van der Waals surface area contributed by atoms with Crippen LogP contribution in [0.15, 0.2) is 29.4 Å².